The molecule has 1 unspecified atom stereocenters. The Morgan fingerprint density at radius 3 is 1.89 bits per heavy atom. The van der Waals surface area contributed by atoms with E-state index < -0.39 is 0 Å². The molecule has 0 saturated carbocycles. The summed E-state index contributed by atoms with van der Waals surface area (Å²) in [5, 5.41) is 0. The van der Waals surface area contributed by atoms with Crippen molar-refractivity contribution in [1.29, 1.82) is 0 Å². The van der Waals surface area contributed by atoms with Crippen LogP contribution in [-0.4, -0.2) is 12.2 Å². The lowest BCUT2D eigenvalue weighted by molar-refractivity contribution is 0.150. The third kappa shape index (κ3) is 0.983. The third-order valence-electron chi connectivity index (χ3n) is 2.43. The lowest BCUT2D eigenvalue weighted by atomic mass is 9.79. The van der Waals surface area contributed by atoms with Crippen molar-refractivity contribution >= 4 is 0 Å². The Hall–Kier alpha value is -0.0400. The predicted molar refractivity (Wildman–Crippen MR) is 38.4 cm³/mol. The highest BCUT2D eigenvalue weighted by molar-refractivity contribution is 5.00. The Morgan fingerprint density at radius 1 is 1.44 bits per heavy atom. The normalized spacial score (nSPS) is 34.7. The molecule has 1 heterocycles. The second-order valence-corrected chi connectivity index (χ2v) is 3.89. The van der Waals surface area contributed by atoms with E-state index in [9.17, 15) is 0 Å². The van der Waals surface area contributed by atoms with E-state index in [1.807, 2.05) is 0 Å². The fourth-order valence-electron chi connectivity index (χ4n) is 1.25. The average molecular weight is 128 g/mol. The first-order valence-corrected chi connectivity index (χ1v) is 3.66. The van der Waals surface area contributed by atoms with Gasteiger partial charge in [-0.1, -0.05) is 27.7 Å². The average Bonchev–Trinajstić information content (AvgIpc) is 2.40. The van der Waals surface area contributed by atoms with Crippen molar-refractivity contribution in [3.63, 3.8) is 0 Å². The zero-order valence-corrected chi connectivity index (χ0v) is 6.82. The molecular weight excluding hydrogens is 112 g/mol. The van der Waals surface area contributed by atoms with E-state index in [0.717, 1.165) is 13.0 Å². The molecule has 1 rings (SSSR count). The Kier molecular flexibility index (Phi) is 1.35. The van der Waals surface area contributed by atoms with Gasteiger partial charge in [-0.2, -0.15) is 0 Å². The topological polar surface area (TPSA) is 12.5 Å². The summed E-state index contributed by atoms with van der Waals surface area (Å²) in [6.07, 6.45) is 1.15. The van der Waals surface area contributed by atoms with Gasteiger partial charge in [0.15, 0.2) is 0 Å². The van der Waals surface area contributed by atoms with Crippen LogP contribution in [0.25, 0.3) is 0 Å². The van der Waals surface area contributed by atoms with Gasteiger partial charge in [-0.15, -0.1) is 0 Å². The van der Waals surface area contributed by atoms with Crippen LogP contribution in [0.4, 0.5) is 0 Å². The van der Waals surface area contributed by atoms with E-state index in [-0.39, 0.29) is 5.60 Å². The van der Waals surface area contributed by atoms with E-state index in [1.54, 1.807) is 0 Å². The SMILES string of the molecule is CCC1(C(C)(C)C)CO1. The maximum Gasteiger partial charge on any atom is 0.0961 e. The molecule has 9 heavy (non-hydrogen) atoms. The molecule has 1 saturated heterocycles. The Labute approximate surface area is 57.4 Å². The van der Waals surface area contributed by atoms with Crippen molar-refractivity contribution in [2.45, 2.75) is 39.7 Å². The quantitative estimate of drug-likeness (QED) is 0.493. The standard InChI is InChI=1S/C8H16O/c1-5-8(6-9-8)7(2,3)4/h5-6H2,1-4H3. The minimum Gasteiger partial charge on any atom is -0.369 e. The molecule has 0 aromatic heterocycles. The molecule has 1 aliphatic rings. The van der Waals surface area contributed by atoms with E-state index in [1.165, 1.54) is 0 Å². The third-order valence-corrected chi connectivity index (χ3v) is 2.43. The molecular formula is C8H16O. The number of epoxide rings is 1. The van der Waals surface area contributed by atoms with Crippen LogP contribution in [0.5, 0.6) is 0 Å². The summed E-state index contributed by atoms with van der Waals surface area (Å²) in [6.45, 7) is 9.88. The minimum absolute atomic E-state index is 0.229. The van der Waals surface area contributed by atoms with Gasteiger partial charge in [0, 0.05) is 0 Å². The molecule has 1 nitrogen and oxygen atoms in total. The van der Waals surface area contributed by atoms with E-state index >= 15 is 0 Å². The highest BCUT2D eigenvalue weighted by Crippen LogP contribution is 2.46. The molecule has 1 fully saturated rings. The summed E-state index contributed by atoms with van der Waals surface area (Å²) >= 11 is 0. The van der Waals surface area contributed by atoms with Crippen LogP contribution in [0, 0.1) is 5.41 Å². The summed E-state index contributed by atoms with van der Waals surface area (Å²) in [5.41, 5.74) is 0.564. The van der Waals surface area contributed by atoms with Crippen LogP contribution in [0.15, 0.2) is 0 Å². The van der Waals surface area contributed by atoms with Crippen LogP contribution in [-0.2, 0) is 4.74 Å². The van der Waals surface area contributed by atoms with Crippen LogP contribution in [0.1, 0.15) is 34.1 Å². The first kappa shape index (κ1) is 7.07. The van der Waals surface area contributed by atoms with Gasteiger partial charge < -0.3 is 4.74 Å². The minimum atomic E-state index is 0.229. The lowest BCUT2D eigenvalue weighted by Gasteiger charge is -2.25. The molecule has 0 N–H and O–H groups in total. The fraction of sp³-hybridized carbons (Fsp3) is 1.00. The molecule has 0 radical (unpaired) electrons. The van der Waals surface area contributed by atoms with Crippen LogP contribution in [0.2, 0.25) is 0 Å². The monoisotopic (exact) mass is 128 g/mol. The number of hydrogen-bond donors (Lipinski definition) is 0. The van der Waals surface area contributed by atoms with Gasteiger partial charge in [-0.05, 0) is 11.8 Å². The summed E-state index contributed by atoms with van der Waals surface area (Å²) in [6, 6.07) is 0. The van der Waals surface area contributed by atoms with Gasteiger partial charge >= 0.3 is 0 Å². The summed E-state index contributed by atoms with van der Waals surface area (Å²) in [4.78, 5) is 0. The predicted octanol–water partition coefficient (Wildman–Crippen LogP) is 2.21. The number of hydrogen-bond acceptors (Lipinski definition) is 1. The smallest absolute Gasteiger partial charge is 0.0961 e. The van der Waals surface area contributed by atoms with E-state index in [0.29, 0.717) is 5.41 Å². The molecule has 0 spiro atoms. The van der Waals surface area contributed by atoms with Crippen molar-refractivity contribution in [3.05, 3.63) is 0 Å². The van der Waals surface area contributed by atoms with Crippen molar-refractivity contribution < 1.29 is 4.74 Å². The zero-order valence-electron chi connectivity index (χ0n) is 6.82. The highest BCUT2D eigenvalue weighted by atomic mass is 16.6. The van der Waals surface area contributed by atoms with Gasteiger partial charge in [0.1, 0.15) is 0 Å². The van der Waals surface area contributed by atoms with Crippen LogP contribution >= 0.6 is 0 Å². The molecule has 1 heteroatoms. The van der Waals surface area contributed by atoms with Gasteiger partial charge in [-0.25, -0.2) is 0 Å². The number of ether oxygens (including phenoxy) is 1. The summed E-state index contributed by atoms with van der Waals surface area (Å²) in [5.74, 6) is 0. The molecule has 54 valence electrons. The molecule has 0 aromatic rings. The first-order chi connectivity index (χ1) is 4.02. The molecule has 0 amide bonds. The molecule has 1 atom stereocenters. The lowest BCUT2D eigenvalue weighted by Crippen LogP contribution is -2.29. The largest absolute Gasteiger partial charge is 0.369 e. The highest BCUT2D eigenvalue weighted by Gasteiger charge is 2.52. The van der Waals surface area contributed by atoms with Crippen LogP contribution < -0.4 is 0 Å². The van der Waals surface area contributed by atoms with Crippen LogP contribution in [0.3, 0.4) is 0 Å². The number of rotatable bonds is 1. The fourth-order valence-corrected chi connectivity index (χ4v) is 1.25. The van der Waals surface area contributed by atoms with Crippen molar-refractivity contribution in [2.75, 3.05) is 6.61 Å². The summed E-state index contributed by atoms with van der Waals surface area (Å²) < 4.78 is 5.41. The van der Waals surface area contributed by atoms with Gasteiger partial charge in [0.05, 0.1) is 12.2 Å². The molecule has 0 aromatic carbocycles. The second kappa shape index (κ2) is 1.72. The Morgan fingerprint density at radius 2 is 1.89 bits per heavy atom. The maximum atomic E-state index is 5.41. The second-order valence-electron chi connectivity index (χ2n) is 3.89. The van der Waals surface area contributed by atoms with Crippen molar-refractivity contribution in [3.8, 4) is 0 Å². The maximum absolute atomic E-state index is 5.41. The van der Waals surface area contributed by atoms with Gasteiger partial charge in [0.25, 0.3) is 0 Å². The summed E-state index contributed by atoms with van der Waals surface area (Å²) in [7, 11) is 0. The zero-order chi connectivity index (χ0) is 7.12. The molecule has 0 bridgehead atoms. The van der Waals surface area contributed by atoms with E-state index in [2.05, 4.69) is 27.7 Å². The first-order valence-electron chi connectivity index (χ1n) is 3.66. The van der Waals surface area contributed by atoms with Gasteiger partial charge in [0.2, 0.25) is 0 Å². The van der Waals surface area contributed by atoms with E-state index in [4.69, 9.17) is 4.74 Å². The van der Waals surface area contributed by atoms with Crippen molar-refractivity contribution in [2.24, 2.45) is 5.41 Å². The van der Waals surface area contributed by atoms with Crippen molar-refractivity contribution in [1.82, 2.24) is 0 Å². The Balaban J connectivity index is 2.60. The molecule has 1 aliphatic heterocycles. The Bertz CT molecular complexity index is 106. The van der Waals surface area contributed by atoms with Gasteiger partial charge in [-0.3, -0.25) is 0 Å². The molecule has 0 aliphatic carbocycles.